The standard InChI is InChI=1S/C20H33N3O/c1-4-6-14-23(3)19(21-5-2)22-17-20(12-15-24-16-13-20)18-10-8-7-9-11-18/h7-11H,4-6,12-17H2,1-3H3,(H,21,22). The molecule has 1 N–H and O–H groups in total. The molecule has 1 aromatic carbocycles. The van der Waals surface area contributed by atoms with Crippen LogP contribution >= 0.6 is 0 Å². The summed E-state index contributed by atoms with van der Waals surface area (Å²) < 4.78 is 5.63. The summed E-state index contributed by atoms with van der Waals surface area (Å²) in [5.41, 5.74) is 1.50. The average Bonchev–Trinajstić information content (AvgIpc) is 2.64. The van der Waals surface area contributed by atoms with E-state index in [1.807, 2.05) is 0 Å². The molecule has 0 bridgehead atoms. The largest absolute Gasteiger partial charge is 0.381 e. The van der Waals surface area contributed by atoms with E-state index in [-0.39, 0.29) is 5.41 Å². The smallest absolute Gasteiger partial charge is 0.193 e. The number of unbranched alkanes of at least 4 members (excludes halogenated alkanes) is 1. The third kappa shape index (κ3) is 4.97. The van der Waals surface area contributed by atoms with Crippen LogP contribution < -0.4 is 5.32 Å². The highest BCUT2D eigenvalue weighted by Crippen LogP contribution is 2.35. The SMILES string of the molecule is CCCCN(C)C(=NCC1(c2ccccc2)CCOCC1)NCC. The number of hydrogen-bond donors (Lipinski definition) is 1. The fraction of sp³-hybridized carbons (Fsp3) is 0.650. The highest BCUT2D eigenvalue weighted by atomic mass is 16.5. The maximum Gasteiger partial charge on any atom is 0.193 e. The van der Waals surface area contributed by atoms with Crippen molar-refractivity contribution in [3.8, 4) is 0 Å². The molecule has 0 spiro atoms. The maximum absolute atomic E-state index is 5.63. The van der Waals surface area contributed by atoms with E-state index in [0.717, 1.165) is 51.6 Å². The van der Waals surface area contributed by atoms with Gasteiger partial charge < -0.3 is 15.0 Å². The second-order valence-corrected chi connectivity index (χ2v) is 6.70. The summed E-state index contributed by atoms with van der Waals surface area (Å²) in [5.74, 6) is 1.02. The summed E-state index contributed by atoms with van der Waals surface area (Å²) >= 11 is 0. The maximum atomic E-state index is 5.63. The van der Waals surface area contributed by atoms with Gasteiger partial charge in [-0.05, 0) is 31.7 Å². The minimum atomic E-state index is 0.103. The van der Waals surface area contributed by atoms with Crippen molar-refractivity contribution in [1.29, 1.82) is 0 Å². The normalized spacial score (nSPS) is 17.5. The molecule has 0 saturated carbocycles. The molecule has 4 heteroatoms. The zero-order valence-electron chi connectivity index (χ0n) is 15.6. The number of guanidine groups is 1. The Bertz CT molecular complexity index is 495. The van der Waals surface area contributed by atoms with Crippen molar-refractivity contribution in [2.75, 3.05) is 39.9 Å². The lowest BCUT2D eigenvalue weighted by molar-refractivity contribution is 0.0530. The van der Waals surface area contributed by atoms with Crippen molar-refractivity contribution in [3.63, 3.8) is 0 Å². The molecule has 2 rings (SSSR count). The molecule has 1 fully saturated rings. The van der Waals surface area contributed by atoms with Crippen LogP contribution in [0.4, 0.5) is 0 Å². The van der Waals surface area contributed by atoms with Gasteiger partial charge in [-0.2, -0.15) is 0 Å². The van der Waals surface area contributed by atoms with Crippen molar-refractivity contribution < 1.29 is 4.74 Å². The molecule has 24 heavy (non-hydrogen) atoms. The van der Waals surface area contributed by atoms with Gasteiger partial charge in [0.05, 0.1) is 6.54 Å². The fourth-order valence-corrected chi connectivity index (χ4v) is 3.29. The van der Waals surface area contributed by atoms with Gasteiger partial charge in [0.25, 0.3) is 0 Å². The zero-order valence-corrected chi connectivity index (χ0v) is 15.6. The molecule has 0 aromatic heterocycles. The number of ether oxygens (including phenoxy) is 1. The van der Waals surface area contributed by atoms with Crippen molar-refractivity contribution in [1.82, 2.24) is 10.2 Å². The van der Waals surface area contributed by atoms with Gasteiger partial charge in [0.1, 0.15) is 0 Å². The second kappa shape index (κ2) is 9.67. The first-order valence-electron chi connectivity index (χ1n) is 9.34. The summed E-state index contributed by atoms with van der Waals surface area (Å²) in [5, 5.41) is 3.44. The molecule has 1 aliphatic heterocycles. The van der Waals surface area contributed by atoms with Crippen molar-refractivity contribution in [3.05, 3.63) is 35.9 Å². The van der Waals surface area contributed by atoms with Gasteiger partial charge in [-0.15, -0.1) is 0 Å². The van der Waals surface area contributed by atoms with Gasteiger partial charge in [-0.3, -0.25) is 4.99 Å². The highest BCUT2D eigenvalue weighted by molar-refractivity contribution is 5.79. The molecule has 0 radical (unpaired) electrons. The monoisotopic (exact) mass is 331 g/mol. The lowest BCUT2D eigenvalue weighted by atomic mass is 9.74. The zero-order chi connectivity index (χ0) is 17.3. The van der Waals surface area contributed by atoms with Crippen LogP contribution in [0.2, 0.25) is 0 Å². The molecule has 1 saturated heterocycles. The second-order valence-electron chi connectivity index (χ2n) is 6.70. The Morgan fingerprint density at radius 3 is 2.54 bits per heavy atom. The Hall–Kier alpha value is -1.55. The van der Waals surface area contributed by atoms with Crippen LogP contribution in [0.1, 0.15) is 45.1 Å². The van der Waals surface area contributed by atoms with Gasteiger partial charge in [-0.25, -0.2) is 0 Å². The van der Waals surface area contributed by atoms with Crippen LogP contribution in [-0.2, 0) is 10.2 Å². The van der Waals surface area contributed by atoms with E-state index in [1.54, 1.807) is 0 Å². The Kier molecular flexibility index (Phi) is 7.57. The Morgan fingerprint density at radius 2 is 1.92 bits per heavy atom. The Balaban J connectivity index is 2.17. The summed E-state index contributed by atoms with van der Waals surface area (Å²) in [4.78, 5) is 7.27. The lowest BCUT2D eigenvalue weighted by Gasteiger charge is -2.37. The first-order valence-corrected chi connectivity index (χ1v) is 9.34. The van der Waals surface area contributed by atoms with E-state index in [9.17, 15) is 0 Å². The minimum Gasteiger partial charge on any atom is -0.381 e. The molecule has 0 amide bonds. The molecule has 0 aliphatic carbocycles. The molecule has 0 atom stereocenters. The molecule has 0 unspecified atom stereocenters. The van der Waals surface area contributed by atoms with Crippen molar-refractivity contribution in [2.45, 2.75) is 44.9 Å². The van der Waals surface area contributed by atoms with Gasteiger partial charge in [0, 0.05) is 38.8 Å². The minimum absolute atomic E-state index is 0.103. The van der Waals surface area contributed by atoms with Crippen molar-refractivity contribution in [2.24, 2.45) is 4.99 Å². The molecule has 1 heterocycles. The number of rotatable bonds is 7. The number of nitrogens with one attached hydrogen (secondary N) is 1. The predicted octanol–water partition coefficient (Wildman–Crippen LogP) is 3.43. The van der Waals surface area contributed by atoms with E-state index in [1.165, 1.54) is 18.4 Å². The number of hydrogen-bond acceptors (Lipinski definition) is 2. The summed E-state index contributed by atoms with van der Waals surface area (Å²) in [7, 11) is 2.14. The summed E-state index contributed by atoms with van der Waals surface area (Å²) in [6.45, 7) is 8.77. The van der Waals surface area contributed by atoms with Crippen LogP contribution in [0, 0.1) is 0 Å². The molecular weight excluding hydrogens is 298 g/mol. The van der Waals surface area contributed by atoms with Gasteiger partial charge in [-0.1, -0.05) is 43.7 Å². The van der Waals surface area contributed by atoms with Crippen LogP contribution in [-0.4, -0.2) is 50.8 Å². The van der Waals surface area contributed by atoms with Crippen LogP contribution in [0.3, 0.4) is 0 Å². The molecule has 4 nitrogen and oxygen atoms in total. The van der Waals surface area contributed by atoms with Crippen LogP contribution in [0.5, 0.6) is 0 Å². The van der Waals surface area contributed by atoms with E-state index < -0.39 is 0 Å². The molecule has 134 valence electrons. The van der Waals surface area contributed by atoms with Gasteiger partial charge in [0.15, 0.2) is 5.96 Å². The van der Waals surface area contributed by atoms with E-state index in [2.05, 4.69) is 61.4 Å². The van der Waals surface area contributed by atoms with Crippen LogP contribution in [0.15, 0.2) is 35.3 Å². The number of nitrogens with zero attached hydrogens (tertiary/aromatic N) is 2. The lowest BCUT2D eigenvalue weighted by Crippen LogP contribution is -2.42. The molecule has 1 aliphatic rings. The summed E-state index contributed by atoms with van der Waals surface area (Å²) in [6, 6.07) is 10.8. The number of benzene rings is 1. The Morgan fingerprint density at radius 1 is 1.21 bits per heavy atom. The van der Waals surface area contributed by atoms with E-state index >= 15 is 0 Å². The first-order chi connectivity index (χ1) is 11.7. The molecular formula is C20H33N3O. The quantitative estimate of drug-likeness (QED) is 0.614. The topological polar surface area (TPSA) is 36.9 Å². The molecule has 1 aromatic rings. The fourth-order valence-electron chi connectivity index (χ4n) is 3.29. The first kappa shape index (κ1) is 18.8. The van der Waals surface area contributed by atoms with Gasteiger partial charge in [0.2, 0.25) is 0 Å². The van der Waals surface area contributed by atoms with Crippen molar-refractivity contribution >= 4 is 5.96 Å². The predicted molar refractivity (Wildman–Crippen MR) is 102 cm³/mol. The highest BCUT2D eigenvalue weighted by Gasteiger charge is 2.34. The van der Waals surface area contributed by atoms with E-state index in [0.29, 0.717) is 0 Å². The number of aliphatic imine (C=N–C) groups is 1. The third-order valence-corrected chi connectivity index (χ3v) is 4.91. The third-order valence-electron chi connectivity index (χ3n) is 4.91. The summed E-state index contributed by atoms with van der Waals surface area (Å²) in [6.07, 6.45) is 4.48. The average molecular weight is 332 g/mol. The van der Waals surface area contributed by atoms with E-state index in [4.69, 9.17) is 9.73 Å². The Labute approximate surface area is 147 Å². The van der Waals surface area contributed by atoms with Crippen LogP contribution in [0.25, 0.3) is 0 Å². The van der Waals surface area contributed by atoms with Gasteiger partial charge >= 0.3 is 0 Å².